The van der Waals surface area contributed by atoms with Crippen LogP contribution in [0.5, 0.6) is 5.75 Å². The highest BCUT2D eigenvalue weighted by Gasteiger charge is 2.10. The predicted molar refractivity (Wildman–Crippen MR) is 97.6 cm³/mol. The lowest BCUT2D eigenvalue weighted by Crippen LogP contribution is -2.20. The first-order chi connectivity index (χ1) is 10.8. The van der Waals surface area contributed by atoms with Crippen molar-refractivity contribution in [1.29, 1.82) is 0 Å². The van der Waals surface area contributed by atoms with Crippen molar-refractivity contribution in [3.8, 4) is 5.75 Å². The van der Waals surface area contributed by atoms with Gasteiger partial charge in [0.2, 0.25) is 0 Å². The number of aryl methyl sites for hydroxylation is 1. The number of hydrogen-bond donors (Lipinski definition) is 1. The second-order valence-corrected chi connectivity index (χ2v) is 8.30. The standard InChI is InChI=1S/C16H16INO4S/c1-11-8-12(17)6-7-15(11)18-16(19)10-22-13-4-3-5-14(9-13)23(2,20)21/h3-9H,10H2,1-2H3,(H,18,19). The average Bonchev–Trinajstić information content (AvgIpc) is 2.47. The summed E-state index contributed by atoms with van der Waals surface area (Å²) < 4.78 is 29.4. The van der Waals surface area contributed by atoms with Gasteiger partial charge < -0.3 is 10.1 Å². The van der Waals surface area contributed by atoms with Gasteiger partial charge in [-0.1, -0.05) is 6.07 Å². The zero-order valence-corrected chi connectivity index (χ0v) is 15.6. The Kier molecular flexibility index (Phi) is 5.64. The van der Waals surface area contributed by atoms with E-state index in [1.165, 1.54) is 12.1 Å². The first-order valence-electron chi connectivity index (χ1n) is 6.74. The van der Waals surface area contributed by atoms with Crippen molar-refractivity contribution in [1.82, 2.24) is 0 Å². The van der Waals surface area contributed by atoms with Gasteiger partial charge in [0, 0.05) is 15.5 Å². The summed E-state index contributed by atoms with van der Waals surface area (Å²) in [6.45, 7) is 1.72. The van der Waals surface area contributed by atoms with Gasteiger partial charge in [0.15, 0.2) is 16.4 Å². The number of benzene rings is 2. The second-order valence-electron chi connectivity index (χ2n) is 5.04. The Bertz CT molecular complexity index is 834. The average molecular weight is 445 g/mol. The van der Waals surface area contributed by atoms with Crippen molar-refractivity contribution >= 4 is 44.0 Å². The minimum Gasteiger partial charge on any atom is -0.484 e. The Morgan fingerprint density at radius 3 is 2.61 bits per heavy atom. The van der Waals surface area contributed by atoms with Crippen LogP contribution in [0.3, 0.4) is 0 Å². The van der Waals surface area contributed by atoms with Gasteiger partial charge in [0.05, 0.1) is 4.90 Å². The maximum absolute atomic E-state index is 11.9. The van der Waals surface area contributed by atoms with Gasteiger partial charge in [-0.2, -0.15) is 0 Å². The topological polar surface area (TPSA) is 72.5 Å². The van der Waals surface area contributed by atoms with Crippen LogP contribution in [0.15, 0.2) is 47.4 Å². The molecule has 0 atom stereocenters. The van der Waals surface area contributed by atoms with Gasteiger partial charge in [-0.25, -0.2) is 8.42 Å². The molecular formula is C16H16INO4S. The molecule has 5 nitrogen and oxygen atoms in total. The van der Waals surface area contributed by atoms with Gasteiger partial charge in [-0.3, -0.25) is 4.79 Å². The molecule has 1 N–H and O–H groups in total. The van der Waals surface area contributed by atoms with E-state index in [0.29, 0.717) is 5.75 Å². The molecule has 1 amide bonds. The van der Waals surface area contributed by atoms with Crippen molar-refractivity contribution < 1.29 is 17.9 Å². The number of nitrogens with one attached hydrogen (secondary N) is 1. The van der Waals surface area contributed by atoms with Gasteiger partial charge in [-0.05, 0) is 71.5 Å². The molecule has 0 saturated carbocycles. The van der Waals surface area contributed by atoms with E-state index in [0.717, 1.165) is 21.1 Å². The molecule has 0 radical (unpaired) electrons. The maximum Gasteiger partial charge on any atom is 0.262 e. The van der Waals surface area contributed by atoms with Crippen LogP contribution in [0.2, 0.25) is 0 Å². The summed E-state index contributed by atoms with van der Waals surface area (Å²) in [7, 11) is -3.30. The van der Waals surface area contributed by atoms with Crippen LogP contribution in [0, 0.1) is 10.5 Å². The van der Waals surface area contributed by atoms with Gasteiger partial charge in [-0.15, -0.1) is 0 Å². The largest absolute Gasteiger partial charge is 0.484 e. The molecule has 0 aliphatic heterocycles. The first-order valence-corrected chi connectivity index (χ1v) is 9.71. The van der Waals surface area contributed by atoms with Crippen LogP contribution in [-0.4, -0.2) is 27.2 Å². The van der Waals surface area contributed by atoms with Crippen LogP contribution in [0.4, 0.5) is 5.69 Å². The van der Waals surface area contributed by atoms with Gasteiger partial charge >= 0.3 is 0 Å². The highest BCUT2D eigenvalue weighted by molar-refractivity contribution is 14.1. The lowest BCUT2D eigenvalue weighted by atomic mass is 10.2. The van der Waals surface area contributed by atoms with Crippen molar-refractivity contribution in [2.75, 3.05) is 18.2 Å². The molecule has 0 spiro atoms. The molecule has 2 aromatic rings. The molecule has 0 unspecified atom stereocenters. The fraction of sp³-hybridized carbons (Fsp3) is 0.188. The third kappa shape index (κ3) is 5.21. The normalized spacial score (nSPS) is 11.1. The van der Waals surface area contributed by atoms with Crippen LogP contribution in [0.25, 0.3) is 0 Å². The lowest BCUT2D eigenvalue weighted by Gasteiger charge is -2.10. The van der Waals surface area contributed by atoms with Crippen LogP contribution in [0.1, 0.15) is 5.56 Å². The smallest absolute Gasteiger partial charge is 0.262 e. The molecule has 0 heterocycles. The first kappa shape index (κ1) is 17.7. The second kappa shape index (κ2) is 7.31. The highest BCUT2D eigenvalue weighted by atomic mass is 127. The van der Waals surface area contributed by atoms with Crippen LogP contribution < -0.4 is 10.1 Å². The van der Waals surface area contributed by atoms with Crippen molar-refractivity contribution in [2.45, 2.75) is 11.8 Å². The summed E-state index contributed by atoms with van der Waals surface area (Å²) >= 11 is 2.20. The zero-order valence-electron chi connectivity index (χ0n) is 12.7. The molecule has 0 aliphatic rings. The number of hydrogen-bond acceptors (Lipinski definition) is 4. The molecule has 0 aliphatic carbocycles. The lowest BCUT2D eigenvalue weighted by molar-refractivity contribution is -0.118. The fourth-order valence-electron chi connectivity index (χ4n) is 1.90. The van der Waals surface area contributed by atoms with Crippen LogP contribution >= 0.6 is 22.6 Å². The zero-order chi connectivity index (χ0) is 17.0. The highest BCUT2D eigenvalue weighted by Crippen LogP contribution is 2.19. The van der Waals surface area contributed by atoms with E-state index >= 15 is 0 Å². The van der Waals surface area contributed by atoms with Crippen molar-refractivity contribution in [3.63, 3.8) is 0 Å². The number of carbonyl (C=O) groups is 1. The quantitative estimate of drug-likeness (QED) is 0.719. The minimum atomic E-state index is -3.30. The van der Waals surface area contributed by atoms with Crippen LogP contribution in [-0.2, 0) is 14.6 Å². The number of halogens is 1. The molecule has 0 fully saturated rings. The number of ether oxygens (including phenoxy) is 1. The predicted octanol–water partition coefficient (Wildman–Crippen LogP) is 3.02. The summed E-state index contributed by atoms with van der Waals surface area (Å²) in [6, 6.07) is 11.8. The summed E-state index contributed by atoms with van der Waals surface area (Å²) in [6.07, 6.45) is 1.12. The number of amides is 1. The SMILES string of the molecule is Cc1cc(I)ccc1NC(=O)COc1cccc(S(C)(=O)=O)c1. The molecule has 0 aromatic heterocycles. The van der Waals surface area contributed by atoms with E-state index in [-0.39, 0.29) is 17.4 Å². The Morgan fingerprint density at radius 2 is 1.96 bits per heavy atom. The summed E-state index contributed by atoms with van der Waals surface area (Å²) in [4.78, 5) is 12.1. The Labute approximate surface area is 149 Å². The monoisotopic (exact) mass is 445 g/mol. The Hall–Kier alpha value is -1.61. The molecule has 0 saturated heterocycles. The number of carbonyl (C=O) groups excluding carboxylic acids is 1. The molecule has 23 heavy (non-hydrogen) atoms. The maximum atomic E-state index is 11.9. The third-order valence-electron chi connectivity index (χ3n) is 3.07. The van der Waals surface area contributed by atoms with E-state index in [1.807, 2.05) is 25.1 Å². The van der Waals surface area contributed by atoms with Gasteiger partial charge in [0.1, 0.15) is 5.75 Å². The van der Waals surface area contributed by atoms with E-state index in [1.54, 1.807) is 12.1 Å². The summed E-state index contributed by atoms with van der Waals surface area (Å²) in [5.41, 5.74) is 1.69. The number of sulfone groups is 1. The summed E-state index contributed by atoms with van der Waals surface area (Å²) in [5, 5.41) is 2.77. The molecule has 2 rings (SSSR count). The molecule has 2 aromatic carbocycles. The van der Waals surface area contributed by atoms with Crippen molar-refractivity contribution in [3.05, 3.63) is 51.6 Å². The molecule has 0 bridgehead atoms. The Morgan fingerprint density at radius 1 is 1.22 bits per heavy atom. The number of anilines is 1. The minimum absolute atomic E-state index is 0.156. The van der Waals surface area contributed by atoms with E-state index in [2.05, 4.69) is 27.9 Å². The number of rotatable bonds is 5. The summed E-state index contributed by atoms with van der Waals surface area (Å²) in [5.74, 6) is 0.0291. The third-order valence-corrected chi connectivity index (χ3v) is 4.85. The molecule has 7 heteroatoms. The van der Waals surface area contributed by atoms with E-state index in [4.69, 9.17) is 4.74 Å². The van der Waals surface area contributed by atoms with E-state index < -0.39 is 9.84 Å². The Balaban J connectivity index is 1.99. The van der Waals surface area contributed by atoms with Gasteiger partial charge in [0.25, 0.3) is 5.91 Å². The van der Waals surface area contributed by atoms with Crippen molar-refractivity contribution in [2.24, 2.45) is 0 Å². The molecular weight excluding hydrogens is 429 g/mol. The van der Waals surface area contributed by atoms with E-state index in [9.17, 15) is 13.2 Å². The molecule has 122 valence electrons. The fourth-order valence-corrected chi connectivity index (χ4v) is 3.20.